The van der Waals surface area contributed by atoms with Gasteiger partial charge < -0.3 is 20.5 Å². The summed E-state index contributed by atoms with van der Waals surface area (Å²) in [7, 11) is 1.66. The van der Waals surface area contributed by atoms with Crippen LogP contribution in [-0.2, 0) is 4.79 Å². The minimum atomic E-state index is -1.67. The van der Waals surface area contributed by atoms with E-state index in [4.69, 9.17) is 10.5 Å². The Bertz CT molecular complexity index is 1070. The summed E-state index contributed by atoms with van der Waals surface area (Å²) in [6.07, 6.45) is 1.01. The van der Waals surface area contributed by atoms with Crippen LogP contribution in [0, 0.1) is 11.8 Å². The Morgan fingerprint density at radius 3 is 3.03 bits per heavy atom. The molecule has 0 bridgehead atoms. The number of thiazole rings is 1. The molecule has 3 heterocycles. The molecule has 0 saturated carbocycles. The lowest BCUT2D eigenvalue weighted by Gasteiger charge is -2.32. The minimum absolute atomic E-state index is 0.0636. The molecule has 0 aliphatic carbocycles. The number of hydrogen-bond donors (Lipinski definition) is 2. The van der Waals surface area contributed by atoms with Crippen LogP contribution in [0.4, 0.5) is 0 Å². The quantitative estimate of drug-likeness (QED) is 0.696. The lowest BCUT2D eigenvalue weighted by atomic mass is 9.92. The summed E-state index contributed by atoms with van der Waals surface area (Å²) in [5.41, 5.74) is 5.76. The van der Waals surface area contributed by atoms with Gasteiger partial charge in [-0.2, -0.15) is 0 Å². The van der Waals surface area contributed by atoms with Crippen LogP contribution in [0.5, 0.6) is 5.75 Å². The third-order valence-electron chi connectivity index (χ3n) is 5.18. The van der Waals surface area contributed by atoms with E-state index in [1.54, 1.807) is 19.2 Å². The Labute approximate surface area is 172 Å². The van der Waals surface area contributed by atoms with Crippen molar-refractivity contribution in [3.63, 3.8) is 0 Å². The molecular formula is C21H21N3O4S. The summed E-state index contributed by atoms with van der Waals surface area (Å²) in [5.74, 6) is 5.46. The second kappa shape index (κ2) is 7.17. The third-order valence-corrected chi connectivity index (χ3v) is 6.48. The number of nitrogens with two attached hydrogens (primary N) is 1. The van der Waals surface area contributed by atoms with Crippen molar-refractivity contribution in [1.82, 2.24) is 9.88 Å². The van der Waals surface area contributed by atoms with E-state index in [1.165, 1.54) is 16.2 Å². The summed E-state index contributed by atoms with van der Waals surface area (Å²) < 4.78 is 5.89. The van der Waals surface area contributed by atoms with Gasteiger partial charge in [0.2, 0.25) is 5.60 Å². The molecule has 2 aromatic rings. The van der Waals surface area contributed by atoms with Gasteiger partial charge in [0.05, 0.1) is 12.3 Å². The van der Waals surface area contributed by atoms with Crippen LogP contribution in [0.25, 0.3) is 11.3 Å². The zero-order valence-electron chi connectivity index (χ0n) is 16.2. The Morgan fingerprint density at radius 1 is 1.48 bits per heavy atom. The zero-order chi connectivity index (χ0) is 20.8. The number of aliphatic hydroxyl groups is 1. The molecule has 0 radical (unpaired) electrons. The van der Waals surface area contributed by atoms with Gasteiger partial charge >= 0.3 is 0 Å². The van der Waals surface area contributed by atoms with Gasteiger partial charge in [-0.1, -0.05) is 18.8 Å². The van der Waals surface area contributed by atoms with Crippen LogP contribution in [0.1, 0.15) is 45.9 Å². The Hall–Kier alpha value is -2.89. The summed E-state index contributed by atoms with van der Waals surface area (Å²) in [4.78, 5) is 30.8. The van der Waals surface area contributed by atoms with Crippen LogP contribution in [0.15, 0.2) is 18.2 Å². The fourth-order valence-corrected chi connectivity index (χ4v) is 4.53. The van der Waals surface area contributed by atoms with Crippen molar-refractivity contribution >= 4 is 23.2 Å². The van der Waals surface area contributed by atoms with Gasteiger partial charge in [0.25, 0.3) is 11.8 Å². The highest BCUT2D eigenvalue weighted by molar-refractivity contribution is 7.14. The maximum atomic E-state index is 12.3. The monoisotopic (exact) mass is 411 g/mol. The zero-order valence-corrected chi connectivity index (χ0v) is 17.0. The van der Waals surface area contributed by atoms with Crippen LogP contribution in [-0.4, -0.2) is 52.6 Å². The molecule has 0 spiro atoms. The van der Waals surface area contributed by atoms with Crippen LogP contribution in [0.3, 0.4) is 0 Å². The van der Waals surface area contributed by atoms with E-state index in [9.17, 15) is 14.7 Å². The van der Waals surface area contributed by atoms with E-state index in [2.05, 4.69) is 16.8 Å². The third kappa shape index (κ3) is 3.48. The number of hydrogen-bond acceptors (Lipinski definition) is 6. The minimum Gasteiger partial charge on any atom is -0.492 e. The van der Waals surface area contributed by atoms with E-state index in [0.717, 1.165) is 10.4 Å². The summed E-state index contributed by atoms with van der Waals surface area (Å²) >= 11 is 1.28. The predicted molar refractivity (Wildman–Crippen MR) is 109 cm³/mol. The fourth-order valence-electron chi connectivity index (χ4n) is 3.56. The van der Waals surface area contributed by atoms with Gasteiger partial charge in [0.15, 0.2) is 5.01 Å². The normalized spacial score (nSPS) is 23.2. The van der Waals surface area contributed by atoms with Crippen molar-refractivity contribution in [3.05, 3.63) is 33.6 Å². The Balaban J connectivity index is 1.75. The number of fused-ring (bicyclic) bond motifs is 3. The predicted octanol–water partition coefficient (Wildman–Crippen LogP) is 1.74. The first-order valence-corrected chi connectivity index (χ1v) is 10.2. The SMILES string of the molecule is C[C@@H]1COc2ccc(C#CC3(O)CCCN(C)C3=O)cc2-c2nc(C(N)=O)sc21. The molecule has 1 saturated heterocycles. The summed E-state index contributed by atoms with van der Waals surface area (Å²) in [6, 6.07) is 5.39. The first-order valence-electron chi connectivity index (χ1n) is 9.37. The molecule has 1 unspecified atom stereocenters. The Morgan fingerprint density at radius 2 is 2.28 bits per heavy atom. The van der Waals surface area contributed by atoms with Crippen LogP contribution < -0.4 is 10.5 Å². The number of likely N-dealkylation sites (tertiary alicyclic amines) is 1. The number of carbonyl (C=O) groups excluding carboxylic acids is 2. The number of benzene rings is 1. The molecule has 2 aliphatic heterocycles. The summed E-state index contributed by atoms with van der Waals surface area (Å²) in [6.45, 7) is 3.09. The second-order valence-electron chi connectivity index (χ2n) is 7.46. The largest absolute Gasteiger partial charge is 0.492 e. The van der Waals surface area contributed by atoms with Crippen molar-refractivity contribution in [1.29, 1.82) is 0 Å². The fraction of sp³-hybridized carbons (Fsp3) is 0.381. The number of nitrogens with zero attached hydrogens (tertiary/aromatic N) is 2. The number of piperidine rings is 1. The topological polar surface area (TPSA) is 106 Å². The van der Waals surface area contributed by atoms with Gasteiger partial charge in [0.1, 0.15) is 5.75 Å². The van der Waals surface area contributed by atoms with Gasteiger partial charge in [-0.3, -0.25) is 9.59 Å². The van der Waals surface area contributed by atoms with Crippen LogP contribution >= 0.6 is 11.3 Å². The van der Waals surface area contributed by atoms with Crippen LogP contribution in [0.2, 0.25) is 0 Å². The number of aromatic nitrogens is 1. The summed E-state index contributed by atoms with van der Waals surface area (Å²) in [5, 5.41) is 10.9. The van der Waals surface area contributed by atoms with Crippen molar-refractivity contribution in [2.45, 2.75) is 31.3 Å². The molecule has 29 heavy (non-hydrogen) atoms. The van der Waals surface area contributed by atoms with E-state index in [0.29, 0.717) is 43.0 Å². The molecule has 8 heteroatoms. The van der Waals surface area contributed by atoms with E-state index >= 15 is 0 Å². The molecule has 3 N–H and O–H groups in total. The Kier molecular flexibility index (Phi) is 4.81. The molecule has 1 aromatic heterocycles. The molecular weight excluding hydrogens is 390 g/mol. The van der Waals surface area contributed by atoms with Crippen molar-refractivity contribution in [3.8, 4) is 28.8 Å². The smallest absolute Gasteiger partial charge is 0.277 e. The van der Waals surface area contributed by atoms with E-state index in [-0.39, 0.29) is 16.8 Å². The van der Waals surface area contributed by atoms with Gasteiger partial charge in [-0.15, -0.1) is 11.3 Å². The highest BCUT2D eigenvalue weighted by Gasteiger charge is 2.39. The molecule has 2 atom stereocenters. The van der Waals surface area contributed by atoms with Crippen molar-refractivity contribution < 1.29 is 19.4 Å². The van der Waals surface area contributed by atoms with E-state index < -0.39 is 11.5 Å². The number of rotatable bonds is 1. The standard InChI is InChI=1S/C21H21N3O4S/c1-12-11-28-15-5-4-13(6-8-21(27)7-3-9-24(2)20(21)26)10-14(15)16-17(12)29-19(23-16)18(22)25/h4-5,10,12,27H,3,7,9,11H2,1-2H3,(H2,22,25)/t12-,21?/m1/s1. The molecule has 1 aromatic carbocycles. The first-order chi connectivity index (χ1) is 13.8. The van der Waals surface area contributed by atoms with Crippen molar-refractivity contribution in [2.75, 3.05) is 20.2 Å². The van der Waals surface area contributed by atoms with Crippen molar-refractivity contribution in [2.24, 2.45) is 5.73 Å². The lowest BCUT2D eigenvalue weighted by molar-refractivity contribution is -0.148. The number of primary amides is 1. The average Bonchev–Trinajstić information content (AvgIpc) is 3.10. The first kappa shape index (κ1) is 19.4. The molecule has 4 rings (SSSR count). The second-order valence-corrected chi connectivity index (χ2v) is 8.49. The highest BCUT2D eigenvalue weighted by atomic mass is 32.1. The highest BCUT2D eigenvalue weighted by Crippen LogP contribution is 2.41. The molecule has 2 aliphatic rings. The molecule has 2 amide bonds. The van der Waals surface area contributed by atoms with Gasteiger partial charge in [-0.05, 0) is 31.0 Å². The number of ether oxygens (including phenoxy) is 1. The maximum Gasteiger partial charge on any atom is 0.277 e. The average molecular weight is 411 g/mol. The number of carbonyl (C=O) groups is 2. The molecule has 7 nitrogen and oxygen atoms in total. The van der Waals surface area contributed by atoms with E-state index in [1.807, 2.05) is 13.0 Å². The number of likely N-dealkylation sites (N-methyl/N-ethyl adjacent to an activating group) is 1. The number of amides is 2. The maximum absolute atomic E-state index is 12.3. The van der Waals surface area contributed by atoms with Gasteiger partial charge in [-0.25, -0.2) is 4.98 Å². The molecule has 150 valence electrons. The molecule has 1 fully saturated rings. The lowest BCUT2D eigenvalue weighted by Crippen LogP contribution is -2.51. The van der Waals surface area contributed by atoms with Gasteiger partial charge in [0, 0.05) is 35.5 Å².